The fourth-order valence-electron chi connectivity index (χ4n) is 4.13. The van der Waals surface area contributed by atoms with Gasteiger partial charge in [-0.1, -0.05) is 42.5 Å². The molecule has 0 atom stereocenters. The van der Waals surface area contributed by atoms with Crippen LogP contribution < -0.4 is 9.70 Å². The molecule has 0 amide bonds. The second-order valence-corrected chi connectivity index (χ2v) is 9.63. The molecule has 0 saturated carbocycles. The minimum Gasteiger partial charge on any atom is -0.378 e. The van der Waals surface area contributed by atoms with Crippen molar-refractivity contribution in [3.8, 4) is 11.3 Å². The third-order valence-corrected chi connectivity index (χ3v) is 7.20. The van der Waals surface area contributed by atoms with Crippen molar-refractivity contribution >= 4 is 28.4 Å². The number of aromatic nitrogens is 1. The Morgan fingerprint density at radius 2 is 1.63 bits per heavy atom. The Morgan fingerprint density at radius 3 is 2.34 bits per heavy atom. The molecule has 0 aliphatic carbocycles. The van der Waals surface area contributed by atoms with E-state index in [1.54, 1.807) is 11.3 Å². The van der Waals surface area contributed by atoms with Gasteiger partial charge in [-0.05, 0) is 67.8 Å². The van der Waals surface area contributed by atoms with Crippen LogP contribution in [-0.2, 0) is 4.74 Å². The summed E-state index contributed by atoms with van der Waals surface area (Å²) in [7, 11) is 0. The first kappa shape index (κ1) is 23.3. The quantitative estimate of drug-likeness (QED) is 0.319. The van der Waals surface area contributed by atoms with Crippen molar-refractivity contribution in [3.63, 3.8) is 0 Å². The van der Waals surface area contributed by atoms with Gasteiger partial charge in [-0.2, -0.15) is 5.10 Å². The highest BCUT2D eigenvalue weighted by Crippen LogP contribution is 2.24. The Bertz CT molecular complexity index is 1390. The highest BCUT2D eigenvalue weighted by atomic mass is 32.1. The number of para-hydroxylation sites is 1. The van der Waals surface area contributed by atoms with Gasteiger partial charge in [0.25, 0.3) is 0 Å². The SMILES string of the molecule is C/C(=N\n1c(-c2ccc(C)c(C)c2)csc1=Nc1ccccc1)c1ccc(N2CCOCC2)cc1. The fourth-order valence-corrected chi connectivity index (χ4v) is 4.98. The second kappa shape index (κ2) is 10.4. The van der Waals surface area contributed by atoms with Gasteiger partial charge in [-0.15, -0.1) is 11.3 Å². The summed E-state index contributed by atoms with van der Waals surface area (Å²) < 4.78 is 7.46. The second-order valence-electron chi connectivity index (χ2n) is 8.79. The topological polar surface area (TPSA) is 42.1 Å². The largest absolute Gasteiger partial charge is 0.378 e. The zero-order chi connectivity index (χ0) is 24.2. The lowest BCUT2D eigenvalue weighted by molar-refractivity contribution is 0.122. The third-order valence-electron chi connectivity index (χ3n) is 6.38. The first-order valence-electron chi connectivity index (χ1n) is 12.0. The predicted molar refractivity (Wildman–Crippen MR) is 146 cm³/mol. The van der Waals surface area contributed by atoms with Crippen molar-refractivity contribution in [2.24, 2.45) is 10.1 Å². The molecular formula is C29H30N4OS. The van der Waals surface area contributed by atoms with Crippen LogP contribution in [0.25, 0.3) is 11.3 Å². The molecule has 2 heterocycles. The van der Waals surface area contributed by atoms with E-state index in [0.717, 1.165) is 59.3 Å². The molecule has 178 valence electrons. The number of ether oxygens (including phenoxy) is 1. The van der Waals surface area contributed by atoms with Crippen LogP contribution in [0.5, 0.6) is 0 Å². The molecule has 0 N–H and O–H groups in total. The van der Waals surface area contributed by atoms with Crippen LogP contribution in [0.15, 0.2) is 88.3 Å². The van der Waals surface area contributed by atoms with Crippen LogP contribution in [0, 0.1) is 13.8 Å². The van der Waals surface area contributed by atoms with E-state index in [9.17, 15) is 0 Å². The Balaban J connectivity index is 1.55. The minimum atomic E-state index is 0.784. The van der Waals surface area contributed by atoms with E-state index in [2.05, 4.69) is 73.5 Å². The molecule has 1 aromatic heterocycles. The molecule has 3 aromatic carbocycles. The molecule has 1 aliphatic rings. The summed E-state index contributed by atoms with van der Waals surface area (Å²) in [5.41, 5.74) is 8.90. The van der Waals surface area contributed by atoms with Gasteiger partial charge in [0.15, 0.2) is 0 Å². The van der Waals surface area contributed by atoms with Gasteiger partial charge in [0.05, 0.1) is 30.3 Å². The summed E-state index contributed by atoms with van der Waals surface area (Å²) in [4.78, 5) is 8.11. The number of nitrogens with zero attached hydrogens (tertiary/aromatic N) is 4. The van der Waals surface area contributed by atoms with Crippen molar-refractivity contribution in [2.75, 3.05) is 31.2 Å². The normalized spacial score (nSPS) is 15.0. The highest BCUT2D eigenvalue weighted by molar-refractivity contribution is 7.07. The van der Waals surface area contributed by atoms with Crippen molar-refractivity contribution in [3.05, 3.63) is 99.7 Å². The Hall–Kier alpha value is -3.48. The van der Waals surface area contributed by atoms with Crippen LogP contribution in [0.1, 0.15) is 23.6 Å². The van der Waals surface area contributed by atoms with Crippen molar-refractivity contribution in [1.82, 2.24) is 4.68 Å². The Labute approximate surface area is 210 Å². The first-order chi connectivity index (χ1) is 17.1. The van der Waals surface area contributed by atoms with Crippen LogP contribution in [-0.4, -0.2) is 36.7 Å². The molecule has 0 bridgehead atoms. The van der Waals surface area contributed by atoms with Gasteiger partial charge in [-0.3, -0.25) is 0 Å². The van der Waals surface area contributed by atoms with E-state index in [1.165, 1.54) is 16.8 Å². The predicted octanol–water partition coefficient (Wildman–Crippen LogP) is 6.17. The van der Waals surface area contributed by atoms with Crippen LogP contribution in [0.2, 0.25) is 0 Å². The van der Waals surface area contributed by atoms with E-state index >= 15 is 0 Å². The molecule has 35 heavy (non-hydrogen) atoms. The van der Waals surface area contributed by atoms with E-state index in [4.69, 9.17) is 14.8 Å². The lowest BCUT2D eigenvalue weighted by Crippen LogP contribution is -2.36. The monoisotopic (exact) mass is 482 g/mol. The smallest absolute Gasteiger partial charge is 0.211 e. The van der Waals surface area contributed by atoms with Crippen LogP contribution in [0.4, 0.5) is 11.4 Å². The summed E-state index contributed by atoms with van der Waals surface area (Å²) in [5, 5.41) is 7.22. The van der Waals surface area contributed by atoms with Gasteiger partial charge < -0.3 is 9.64 Å². The summed E-state index contributed by atoms with van der Waals surface area (Å²) >= 11 is 1.61. The zero-order valence-corrected chi connectivity index (χ0v) is 21.3. The maximum absolute atomic E-state index is 5.49. The molecule has 6 heteroatoms. The highest BCUT2D eigenvalue weighted by Gasteiger charge is 2.13. The fraction of sp³-hybridized carbons (Fsp3) is 0.241. The maximum atomic E-state index is 5.49. The number of morpholine rings is 1. The summed E-state index contributed by atoms with van der Waals surface area (Å²) in [6.45, 7) is 9.78. The average molecular weight is 483 g/mol. The van der Waals surface area contributed by atoms with E-state index in [1.807, 2.05) is 35.0 Å². The van der Waals surface area contributed by atoms with Crippen molar-refractivity contribution in [1.29, 1.82) is 0 Å². The van der Waals surface area contributed by atoms with Gasteiger partial charge in [0.1, 0.15) is 0 Å². The third kappa shape index (κ3) is 5.29. The molecule has 1 fully saturated rings. The molecule has 0 radical (unpaired) electrons. The Kier molecular flexibility index (Phi) is 6.93. The van der Waals surface area contributed by atoms with Gasteiger partial charge in [0, 0.05) is 29.7 Å². The molecular weight excluding hydrogens is 452 g/mol. The number of hydrogen-bond acceptors (Lipinski definition) is 5. The van der Waals surface area contributed by atoms with Crippen molar-refractivity contribution < 1.29 is 4.74 Å². The Morgan fingerprint density at radius 1 is 0.886 bits per heavy atom. The van der Waals surface area contributed by atoms with E-state index < -0.39 is 0 Å². The molecule has 5 nitrogen and oxygen atoms in total. The maximum Gasteiger partial charge on any atom is 0.211 e. The lowest BCUT2D eigenvalue weighted by atomic mass is 10.1. The summed E-state index contributed by atoms with van der Waals surface area (Å²) in [6.07, 6.45) is 0. The zero-order valence-electron chi connectivity index (χ0n) is 20.4. The summed E-state index contributed by atoms with van der Waals surface area (Å²) in [6, 6.07) is 25.3. The van der Waals surface area contributed by atoms with Gasteiger partial charge in [0.2, 0.25) is 4.80 Å². The average Bonchev–Trinajstić information content (AvgIpc) is 3.28. The molecule has 5 rings (SSSR count). The lowest BCUT2D eigenvalue weighted by Gasteiger charge is -2.28. The molecule has 1 saturated heterocycles. The number of anilines is 1. The molecule has 0 spiro atoms. The number of aryl methyl sites for hydroxylation is 2. The standard InChI is InChI=1S/C29H30N4OS/c1-21-9-10-25(19-22(21)2)28-20-35-29(30-26-7-5-4-6-8-26)33(28)31-23(3)24-11-13-27(14-12-24)32-15-17-34-18-16-32/h4-14,19-20H,15-18H2,1-3H3/b30-29?,31-23+. The van der Waals surface area contributed by atoms with Crippen LogP contribution in [0.3, 0.4) is 0 Å². The number of hydrogen-bond donors (Lipinski definition) is 0. The van der Waals surface area contributed by atoms with E-state index in [0.29, 0.717) is 0 Å². The van der Waals surface area contributed by atoms with E-state index in [-0.39, 0.29) is 0 Å². The molecule has 0 unspecified atom stereocenters. The minimum absolute atomic E-state index is 0.784. The van der Waals surface area contributed by atoms with Crippen molar-refractivity contribution in [2.45, 2.75) is 20.8 Å². The van der Waals surface area contributed by atoms with Gasteiger partial charge in [-0.25, -0.2) is 9.67 Å². The molecule has 1 aliphatic heterocycles. The van der Waals surface area contributed by atoms with Crippen LogP contribution >= 0.6 is 11.3 Å². The number of rotatable bonds is 5. The number of thiazole rings is 1. The summed E-state index contributed by atoms with van der Waals surface area (Å²) in [5.74, 6) is 0. The first-order valence-corrected chi connectivity index (χ1v) is 12.8. The van der Waals surface area contributed by atoms with Gasteiger partial charge >= 0.3 is 0 Å². The molecule has 4 aromatic rings. The number of benzene rings is 3.